The van der Waals surface area contributed by atoms with Crippen LogP contribution in [-0.2, 0) is 16.1 Å². The zero-order valence-corrected chi connectivity index (χ0v) is 13.2. The van der Waals surface area contributed by atoms with Crippen LogP contribution in [0.2, 0.25) is 0 Å². The number of aliphatic carboxylic acids is 1. The van der Waals surface area contributed by atoms with Crippen LogP contribution >= 0.6 is 0 Å². The van der Waals surface area contributed by atoms with Crippen molar-refractivity contribution in [2.24, 2.45) is 5.92 Å². The number of carbonyl (C=O) groups excluding carboxylic acids is 1. The van der Waals surface area contributed by atoms with Crippen LogP contribution in [-0.4, -0.2) is 41.5 Å². The third kappa shape index (κ3) is 5.44. The molecule has 0 aliphatic carbocycles. The summed E-state index contributed by atoms with van der Waals surface area (Å²) in [5, 5.41) is 12.0. The van der Waals surface area contributed by atoms with E-state index in [2.05, 4.69) is 5.32 Å². The van der Waals surface area contributed by atoms with Gasteiger partial charge in [-0.05, 0) is 23.6 Å². The van der Waals surface area contributed by atoms with Gasteiger partial charge in [0.2, 0.25) is 5.91 Å². The second-order valence-electron chi connectivity index (χ2n) is 5.46. The summed E-state index contributed by atoms with van der Waals surface area (Å²) in [6.07, 6.45) is 0.712. The summed E-state index contributed by atoms with van der Waals surface area (Å²) in [7, 11) is 1.63. The predicted octanol–water partition coefficient (Wildman–Crippen LogP) is 1.87. The van der Waals surface area contributed by atoms with Gasteiger partial charge < -0.3 is 10.0 Å². The summed E-state index contributed by atoms with van der Waals surface area (Å²) in [4.78, 5) is 24.7. The monoisotopic (exact) mass is 310 g/mol. The number of benzene rings is 1. The van der Waals surface area contributed by atoms with Crippen LogP contribution in [0.25, 0.3) is 0 Å². The van der Waals surface area contributed by atoms with E-state index in [0.29, 0.717) is 13.0 Å². The van der Waals surface area contributed by atoms with Gasteiger partial charge in [0.25, 0.3) is 0 Å². The number of carboxylic acid groups (broad SMARTS) is 1. The molecular formula is C16H23FN2O3. The zero-order valence-electron chi connectivity index (χ0n) is 13.2. The lowest BCUT2D eigenvalue weighted by Gasteiger charge is -2.22. The minimum absolute atomic E-state index is 0.0427. The molecule has 0 heterocycles. The third-order valence-corrected chi connectivity index (χ3v) is 3.71. The summed E-state index contributed by atoms with van der Waals surface area (Å²) >= 11 is 0. The molecule has 22 heavy (non-hydrogen) atoms. The first-order valence-electron chi connectivity index (χ1n) is 7.29. The molecule has 0 saturated heterocycles. The first-order chi connectivity index (χ1) is 10.3. The van der Waals surface area contributed by atoms with Crippen molar-refractivity contribution in [3.63, 3.8) is 0 Å². The van der Waals surface area contributed by atoms with Gasteiger partial charge in [-0.15, -0.1) is 0 Å². The lowest BCUT2D eigenvalue weighted by Crippen LogP contribution is -2.46. The lowest BCUT2D eigenvalue weighted by molar-refractivity contribution is -0.141. The first-order valence-corrected chi connectivity index (χ1v) is 7.29. The summed E-state index contributed by atoms with van der Waals surface area (Å²) in [6, 6.07) is 5.18. The highest BCUT2D eigenvalue weighted by Crippen LogP contribution is 2.08. The van der Waals surface area contributed by atoms with Gasteiger partial charge in [0, 0.05) is 13.6 Å². The van der Waals surface area contributed by atoms with Gasteiger partial charge in [-0.2, -0.15) is 0 Å². The van der Waals surface area contributed by atoms with Gasteiger partial charge in [0.1, 0.15) is 11.9 Å². The Hall–Kier alpha value is -1.95. The Kier molecular flexibility index (Phi) is 6.98. The van der Waals surface area contributed by atoms with E-state index >= 15 is 0 Å². The van der Waals surface area contributed by atoms with Crippen LogP contribution in [0.15, 0.2) is 24.3 Å². The van der Waals surface area contributed by atoms with E-state index in [1.54, 1.807) is 19.2 Å². The fourth-order valence-electron chi connectivity index (χ4n) is 2.05. The standard InChI is InChI=1S/C16H23FN2O3/c1-4-11(2)15(16(21)22)18-9-14(20)19(3)10-12-5-7-13(17)8-6-12/h5-8,11,15,18H,4,9-10H2,1-3H3,(H,21,22)/t11-,15-/m0/s1. The molecule has 6 heteroatoms. The van der Waals surface area contributed by atoms with Crippen LogP contribution < -0.4 is 5.32 Å². The van der Waals surface area contributed by atoms with Gasteiger partial charge in [-0.1, -0.05) is 32.4 Å². The number of carboxylic acids is 1. The molecule has 1 aromatic carbocycles. The molecule has 0 radical (unpaired) electrons. The van der Waals surface area contributed by atoms with Crippen LogP contribution in [0.5, 0.6) is 0 Å². The van der Waals surface area contributed by atoms with Crippen LogP contribution in [0.1, 0.15) is 25.8 Å². The highest BCUT2D eigenvalue weighted by atomic mass is 19.1. The Balaban J connectivity index is 2.53. The SMILES string of the molecule is CC[C@H](C)[C@H](NCC(=O)N(C)Cc1ccc(F)cc1)C(=O)O. The Morgan fingerprint density at radius 2 is 1.91 bits per heavy atom. The zero-order chi connectivity index (χ0) is 16.7. The molecule has 5 nitrogen and oxygen atoms in total. The molecule has 0 fully saturated rings. The second-order valence-corrected chi connectivity index (χ2v) is 5.46. The maximum atomic E-state index is 12.8. The molecule has 0 spiro atoms. The first kappa shape index (κ1) is 18.1. The quantitative estimate of drug-likeness (QED) is 0.769. The van der Waals surface area contributed by atoms with Gasteiger partial charge in [-0.3, -0.25) is 14.9 Å². The van der Waals surface area contributed by atoms with Crippen molar-refractivity contribution in [2.75, 3.05) is 13.6 Å². The molecule has 0 aromatic heterocycles. The van der Waals surface area contributed by atoms with Crippen molar-refractivity contribution in [1.82, 2.24) is 10.2 Å². The van der Waals surface area contributed by atoms with Gasteiger partial charge in [-0.25, -0.2) is 4.39 Å². The highest BCUT2D eigenvalue weighted by Gasteiger charge is 2.24. The molecule has 0 bridgehead atoms. The largest absolute Gasteiger partial charge is 0.480 e. The van der Waals surface area contributed by atoms with Crippen molar-refractivity contribution in [3.8, 4) is 0 Å². The molecule has 2 N–H and O–H groups in total. The number of amides is 1. The van der Waals surface area contributed by atoms with Gasteiger partial charge >= 0.3 is 5.97 Å². The number of carbonyl (C=O) groups is 2. The fourth-order valence-corrected chi connectivity index (χ4v) is 2.05. The van der Waals surface area contributed by atoms with E-state index in [4.69, 9.17) is 5.11 Å². The van der Waals surface area contributed by atoms with E-state index in [0.717, 1.165) is 5.56 Å². The number of hydrogen-bond acceptors (Lipinski definition) is 3. The Morgan fingerprint density at radius 1 is 1.32 bits per heavy atom. The van der Waals surface area contributed by atoms with Crippen molar-refractivity contribution in [1.29, 1.82) is 0 Å². The van der Waals surface area contributed by atoms with E-state index in [9.17, 15) is 14.0 Å². The molecule has 0 aliphatic heterocycles. The second kappa shape index (κ2) is 8.48. The number of nitrogens with one attached hydrogen (secondary N) is 1. The van der Waals surface area contributed by atoms with Crippen molar-refractivity contribution < 1.29 is 19.1 Å². The van der Waals surface area contributed by atoms with E-state index in [1.807, 2.05) is 13.8 Å². The molecule has 2 atom stereocenters. The summed E-state index contributed by atoms with van der Waals surface area (Å²) in [6.45, 7) is 4.05. The minimum Gasteiger partial charge on any atom is -0.480 e. The molecule has 1 amide bonds. The molecule has 0 saturated carbocycles. The number of likely N-dealkylation sites (N-methyl/N-ethyl adjacent to an activating group) is 1. The molecule has 122 valence electrons. The number of halogens is 1. The Bertz CT molecular complexity index is 505. The summed E-state index contributed by atoms with van der Waals surface area (Å²) < 4.78 is 12.8. The lowest BCUT2D eigenvalue weighted by atomic mass is 9.99. The van der Waals surface area contributed by atoms with Crippen molar-refractivity contribution in [2.45, 2.75) is 32.9 Å². The van der Waals surface area contributed by atoms with Gasteiger partial charge in [0.15, 0.2) is 0 Å². The predicted molar refractivity (Wildman–Crippen MR) is 81.8 cm³/mol. The molecule has 0 unspecified atom stereocenters. The smallest absolute Gasteiger partial charge is 0.320 e. The van der Waals surface area contributed by atoms with E-state index in [1.165, 1.54) is 17.0 Å². The fraction of sp³-hybridized carbons (Fsp3) is 0.500. The van der Waals surface area contributed by atoms with E-state index < -0.39 is 12.0 Å². The van der Waals surface area contributed by atoms with Crippen molar-refractivity contribution >= 4 is 11.9 Å². The average Bonchev–Trinajstić information content (AvgIpc) is 2.48. The molecule has 1 rings (SSSR count). The van der Waals surface area contributed by atoms with Crippen molar-refractivity contribution in [3.05, 3.63) is 35.6 Å². The highest BCUT2D eigenvalue weighted by molar-refractivity contribution is 5.80. The Morgan fingerprint density at radius 3 is 2.41 bits per heavy atom. The summed E-state index contributed by atoms with van der Waals surface area (Å²) in [5.41, 5.74) is 0.814. The molecular weight excluding hydrogens is 287 g/mol. The number of hydrogen-bond donors (Lipinski definition) is 2. The van der Waals surface area contributed by atoms with Crippen LogP contribution in [0, 0.1) is 11.7 Å². The molecule has 0 aliphatic rings. The normalized spacial score (nSPS) is 13.5. The van der Waals surface area contributed by atoms with E-state index in [-0.39, 0.29) is 24.2 Å². The molecule has 1 aromatic rings. The van der Waals surface area contributed by atoms with Gasteiger partial charge in [0.05, 0.1) is 6.54 Å². The maximum absolute atomic E-state index is 12.8. The third-order valence-electron chi connectivity index (χ3n) is 3.71. The maximum Gasteiger partial charge on any atom is 0.320 e. The Labute approximate surface area is 130 Å². The summed E-state index contributed by atoms with van der Waals surface area (Å²) in [5.74, 6) is -1.55. The van der Waals surface area contributed by atoms with Crippen LogP contribution in [0.4, 0.5) is 4.39 Å². The van der Waals surface area contributed by atoms with Crippen LogP contribution in [0.3, 0.4) is 0 Å². The number of rotatable bonds is 8. The number of nitrogens with zero attached hydrogens (tertiary/aromatic N) is 1. The topological polar surface area (TPSA) is 69.6 Å². The minimum atomic E-state index is -0.955. The average molecular weight is 310 g/mol.